The first kappa shape index (κ1) is 14.4. The zero-order valence-electron chi connectivity index (χ0n) is 10.5. The average molecular weight is 257 g/mol. The number of para-hydroxylation sites is 1. The Bertz CT molecular complexity index is 561. The maximum absolute atomic E-state index is 12.0. The Balaban J connectivity index is 0.000000399. The average Bonchev–Trinajstić information content (AvgIpc) is 2.39. The number of carboxylic acids is 1. The van der Waals surface area contributed by atoms with Crippen LogP contribution in [-0.4, -0.2) is 16.9 Å². The number of carbonyl (C=O) groups is 2. The van der Waals surface area contributed by atoms with E-state index in [0.717, 1.165) is 6.92 Å². The van der Waals surface area contributed by atoms with Crippen molar-refractivity contribution in [1.29, 1.82) is 0 Å². The lowest BCUT2D eigenvalue weighted by molar-refractivity contribution is -0.134. The molecule has 0 saturated carbocycles. The summed E-state index contributed by atoms with van der Waals surface area (Å²) < 4.78 is 0. The third-order valence-corrected chi connectivity index (χ3v) is 2.24. The number of hydrogen-bond acceptors (Lipinski definition) is 3. The third kappa shape index (κ3) is 4.63. The zero-order valence-corrected chi connectivity index (χ0v) is 10.5. The Morgan fingerprint density at radius 3 is 1.95 bits per heavy atom. The molecule has 0 heterocycles. The van der Waals surface area contributed by atoms with Gasteiger partial charge in [-0.15, -0.1) is 0 Å². The van der Waals surface area contributed by atoms with Crippen molar-refractivity contribution in [3.63, 3.8) is 0 Å². The van der Waals surface area contributed by atoms with Gasteiger partial charge < -0.3 is 10.8 Å². The largest absolute Gasteiger partial charge is 0.481 e. The van der Waals surface area contributed by atoms with Gasteiger partial charge in [0.2, 0.25) is 0 Å². The van der Waals surface area contributed by atoms with Crippen LogP contribution in [0.2, 0.25) is 0 Å². The molecule has 19 heavy (non-hydrogen) atoms. The Morgan fingerprint density at radius 1 is 0.947 bits per heavy atom. The van der Waals surface area contributed by atoms with E-state index in [4.69, 9.17) is 15.6 Å². The van der Waals surface area contributed by atoms with Gasteiger partial charge in [0.15, 0.2) is 5.78 Å². The van der Waals surface area contributed by atoms with E-state index in [1.807, 2.05) is 30.3 Å². The van der Waals surface area contributed by atoms with Crippen LogP contribution < -0.4 is 5.73 Å². The van der Waals surface area contributed by atoms with Crippen LogP contribution in [0.5, 0.6) is 0 Å². The lowest BCUT2D eigenvalue weighted by atomic mass is 10.0. The number of hydrogen-bond donors (Lipinski definition) is 2. The highest BCUT2D eigenvalue weighted by Crippen LogP contribution is 2.15. The van der Waals surface area contributed by atoms with E-state index >= 15 is 0 Å². The van der Waals surface area contributed by atoms with E-state index < -0.39 is 5.97 Å². The fraction of sp³-hybridized carbons (Fsp3) is 0.0667. The molecular formula is C15H15NO3. The summed E-state index contributed by atoms with van der Waals surface area (Å²) in [5, 5.41) is 7.42. The first-order chi connectivity index (χ1) is 9.02. The number of carbonyl (C=O) groups excluding carboxylic acids is 1. The monoisotopic (exact) mass is 257 g/mol. The van der Waals surface area contributed by atoms with E-state index in [-0.39, 0.29) is 5.78 Å². The van der Waals surface area contributed by atoms with Crippen molar-refractivity contribution >= 4 is 17.4 Å². The van der Waals surface area contributed by atoms with Gasteiger partial charge >= 0.3 is 0 Å². The second-order valence-corrected chi connectivity index (χ2v) is 3.80. The second-order valence-electron chi connectivity index (χ2n) is 3.80. The highest BCUT2D eigenvalue weighted by molar-refractivity contribution is 6.11. The van der Waals surface area contributed by atoms with Crippen LogP contribution in [-0.2, 0) is 4.79 Å². The van der Waals surface area contributed by atoms with E-state index in [9.17, 15) is 4.79 Å². The molecule has 2 rings (SSSR count). The summed E-state index contributed by atoms with van der Waals surface area (Å²) in [5.41, 5.74) is 7.48. The van der Waals surface area contributed by atoms with Crippen molar-refractivity contribution in [2.45, 2.75) is 6.92 Å². The summed E-state index contributed by atoms with van der Waals surface area (Å²) in [6, 6.07) is 16.2. The summed E-state index contributed by atoms with van der Waals surface area (Å²) in [5.74, 6) is -0.867. The highest BCUT2D eigenvalue weighted by atomic mass is 16.4. The molecule has 0 saturated heterocycles. The number of ketones is 1. The lowest BCUT2D eigenvalue weighted by Gasteiger charge is -2.03. The zero-order chi connectivity index (χ0) is 14.3. The van der Waals surface area contributed by atoms with Gasteiger partial charge in [-0.25, -0.2) is 0 Å². The molecule has 4 nitrogen and oxygen atoms in total. The molecule has 0 bridgehead atoms. The lowest BCUT2D eigenvalue weighted by Crippen LogP contribution is -2.04. The van der Waals surface area contributed by atoms with E-state index in [2.05, 4.69) is 0 Å². The Labute approximate surface area is 111 Å². The predicted molar refractivity (Wildman–Crippen MR) is 74.0 cm³/mol. The third-order valence-electron chi connectivity index (χ3n) is 2.24. The van der Waals surface area contributed by atoms with Crippen LogP contribution in [0.4, 0.5) is 5.69 Å². The number of carboxylic acid groups (broad SMARTS) is 1. The van der Waals surface area contributed by atoms with Gasteiger partial charge in [0.1, 0.15) is 0 Å². The van der Waals surface area contributed by atoms with E-state index in [1.165, 1.54) is 0 Å². The molecular weight excluding hydrogens is 242 g/mol. The smallest absolute Gasteiger partial charge is 0.300 e. The van der Waals surface area contributed by atoms with Crippen LogP contribution in [0.1, 0.15) is 22.8 Å². The fourth-order valence-corrected chi connectivity index (χ4v) is 1.45. The topological polar surface area (TPSA) is 80.4 Å². The molecule has 4 heteroatoms. The minimum Gasteiger partial charge on any atom is -0.481 e. The second kappa shape index (κ2) is 6.96. The summed E-state index contributed by atoms with van der Waals surface area (Å²) >= 11 is 0. The minimum atomic E-state index is -0.833. The summed E-state index contributed by atoms with van der Waals surface area (Å²) in [4.78, 5) is 21.0. The number of nitrogen functional groups attached to an aromatic ring is 1. The molecule has 0 radical (unpaired) electrons. The Kier molecular flexibility index (Phi) is 5.29. The summed E-state index contributed by atoms with van der Waals surface area (Å²) in [6.45, 7) is 1.08. The molecule has 0 atom stereocenters. The van der Waals surface area contributed by atoms with Crippen molar-refractivity contribution < 1.29 is 14.7 Å². The van der Waals surface area contributed by atoms with E-state index in [0.29, 0.717) is 16.8 Å². The summed E-state index contributed by atoms with van der Waals surface area (Å²) in [7, 11) is 0. The van der Waals surface area contributed by atoms with Gasteiger partial charge in [-0.2, -0.15) is 0 Å². The molecule has 0 aliphatic heterocycles. The molecule has 0 aliphatic rings. The SMILES string of the molecule is CC(=O)O.Nc1ccccc1C(=O)c1ccccc1. The minimum absolute atomic E-state index is 0.0336. The number of aliphatic carboxylic acids is 1. The first-order valence-corrected chi connectivity index (χ1v) is 5.66. The number of benzene rings is 2. The highest BCUT2D eigenvalue weighted by Gasteiger charge is 2.10. The van der Waals surface area contributed by atoms with Gasteiger partial charge in [0.25, 0.3) is 5.97 Å². The molecule has 0 aliphatic carbocycles. The molecule has 0 aromatic heterocycles. The molecule has 98 valence electrons. The van der Waals surface area contributed by atoms with Crippen molar-refractivity contribution in [2.75, 3.05) is 5.73 Å². The van der Waals surface area contributed by atoms with Gasteiger partial charge in [-0.05, 0) is 12.1 Å². The number of rotatable bonds is 2. The van der Waals surface area contributed by atoms with Gasteiger partial charge in [0, 0.05) is 23.7 Å². The number of nitrogens with two attached hydrogens (primary N) is 1. The van der Waals surface area contributed by atoms with Crippen LogP contribution in [0.25, 0.3) is 0 Å². The maximum atomic E-state index is 12.0. The quantitative estimate of drug-likeness (QED) is 0.640. The molecule has 2 aromatic rings. The van der Waals surface area contributed by atoms with Crippen LogP contribution >= 0.6 is 0 Å². The summed E-state index contributed by atoms with van der Waals surface area (Å²) in [6.07, 6.45) is 0. The molecule has 0 unspecified atom stereocenters. The number of anilines is 1. The van der Waals surface area contributed by atoms with Gasteiger partial charge in [-0.3, -0.25) is 9.59 Å². The molecule has 2 aromatic carbocycles. The van der Waals surface area contributed by atoms with Crippen LogP contribution in [0.15, 0.2) is 54.6 Å². The van der Waals surface area contributed by atoms with Crippen LogP contribution in [0, 0.1) is 0 Å². The fourth-order valence-electron chi connectivity index (χ4n) is 1.45. The molecule has 3 N–H and O–H groups in total. The molecule has 0 amide bonds. The normalized spacial score (nSPS) is 9.11. The molecule has 0 fully saturated rings. The van der Waals surface area contributed by atoms with Crippen molar-refractivity contribution in [2.24, 2.45) is 0 Å². The first-order valence-electron chi connectivity index (χ1n) is 5.66. The van der Waals surface area contributed by atoms with Crippen molar-refractivity contribution in [3.8, 4) is 0 Å². The predicted octanol–water partition coefficient (Wildman–Crippen LogP) is 2.59. The van der Waals surface area contributed by atoms with E-state index in [1.54, 1.807) is 24.3 Å². The van der Waals surface area contributed by atoms with Gasteiger partial charge in [0.05, 0.1) is 0 Å². The maximum Gasteiger partial charge on any atom is 0.300 e. The Morgan fingerprint density at radius 2 is 1.42 bits per heavy atom. The molecule has 0 spiro atoms. The Hall–Kier alpha value is -2.62. The standard InChI is InChI=1S/C13H11NO.C2H4O2/c14-12-9-5-4-8-11(12)13(15)10-6-2-1-3-7-10;1-2(3)4/h1-9H,14H2;1H3,(H,3,4). The van der Waals surface area contributed by atoms with Crippen molar-refractivity contribution in [3.05, 3.63) is 65.7 Å². The van der Waals surface area contributed by atoms with Crippen LogP contribution in [0.3, 0.4) is 0 Å². The van der Waals surface area contributed by atoms with Gasteiger partial charge in [-0.1, -0.05) is 42.5 Å². The van der Waals surface area contributed by atoms with Crippen molar-refractivity contribution in [1.82, 2.24) is 0 Å².